The Hall–Kier alpha value is -3.42. The Morgan fingerprint density at radius 3 is 1.24 bits per heavy atom. The lowest BCUT2D eigenvalue weighted by Gasteiger charge is -2.19. The van der Waals surface area contributed by atoms with Crippen molar-refractivity contribution < 1.29 is 38.7 Å². The third-order valence-corrected chi connectivity index (χ3v) is 7.03. The van der Waals surface area contributed by atoms with Gasteiger partial charge in [-0.3, -0.25) is 0 Å². The summed E-state index contributed by atoms with van der Waals surface area (Å²) in [6.45, 7) is 4.68. The molecule has 0 bridgehead atoms. The fraction of sp³-hybridized carbons (Fsp3) is 0.588. The van der Waals surface area contributed by atoms with Gasteiger partial charge in [-0.05, 0) is 49.9 Å². The van der Waals surface area contributed by atoms with Crippen molar-refractivity contribution >= 4 is 11.9 Å². The zero-order chi connectivity index (χ0) is 30.4. The molecule has 0 aliphatic carbocycles. The van der Waals surface area contributed by atoms with Crippen LogP contribution in [0.25, 0.3) is 0 Å². The fourth-order valence-electron chi connectivity index (χ4n) is 4.63. The number of ether oxygens (including phenoxy) is 4. The van der Waals surface area contributed by atoms with Crippen molar-refractivity contribution in [3.63, 3.8) is 0 Å². The SMILES string of the molecule is CCCCCCCCC(Oc1ccccc1OCCOc1ccccc1OC(CCCCCCCC)C(=O)O)C(=O)O. The Balaban J connectivity index is 1.87. The highest BCUT2D eigenvalue weighted by atomic mass is 16.6. The van der Waals surface area contributed by atoms with E-state index in [1.165, 1.54) is 38.5 Å². The average molecular weight is 587 g/mol. The molecule has 2 N–H and O–H groups in total. The number of benzene rings is 2. The summed E-state index contributed by atoms with van der Waals surface area (Å²) >= 11 is 0. The Kier molecular flexibility index (Phi) is 17.6. The van der Waals surface area contributed by atoms with Gasteiger partial charge >= 0.3 is 11.9 Å². The molecule has 2 unspecified atom stereocenters. The first-order chi connectivity index (χ1) is 20.5. The van der Waals surface area contributed by atoms with Gasteiger partial charge in [-0.1, -0.05) is 102 Å². The predicted octanol–water partition coefficient (Wildman–Crippen LogP) is 8.31. The number of rotatable bonds is 25. The molecule has 0 saturated heterocycles. The van der Waals surface area contributed by atoms with Gasteiger partial charge < -0.3 is 29.2 Å². The molecule has 2 atom stereocenters. The van der Waals surface area contributed by atoms with Crippen molar-refractivity contribution in [3.05, 3.63) is 48.5 Å². The van der Waals surface area contributed by atoms with Crippen LogP contribution in [0.15, 0.2) is 48.5 Å². The number of carbonyl (C=O) groups is 2. The molecule has 8 heteroatoms. The van der Waals surface area contributed by atoms with E-state index in [1.54, 1.807) is 48.5 Å². The van der Waals surface area contributed by atoms with Crippen LogP contribution in [0.3, 0.4) is 0 Å². The Bertz CT molecular complexity index is 943. The van der Waals surface area contributed by atoms with Gasteiger partial charge in [0.05, 0.1) is 0 Å². The van der Waals surface area contributed by atoms with Crippen LogP contribution in [0.4, 0.5) is 0 Å². The van der Waals surface area contributed by atoms with Crippen molar-refractivity contribution in [3.8, 4) is 23.0 Å². The Morgan fingerprint density at radius 2 is 0.881 bits per heavy atom. The number of hydrogen-bond acceptors (Lipinski definition) is 6. The highest BCUT2D eigenvalue weighted by molar-refractivity contribution is 5.73. The predicted molar refractivity (Wildman–Crippen MR) is 164 cm³/mol. The summed E-state index contributed by atoms with van der Waals surface area (Å²) in [6, 6.07) is 14.0. The summed E-state index contributed by atoms with van der Waals surface area (Å²) in [6.07, 6.45) is 11.8. The lowest BCUT2D eigenvalue weighted by Crippen LogP contribution is -2.27. The molecular formula is C34H50O8. The molecule has 234 valence electrons. The van der Waals surface area contributed by atoms with E-state index in [1.807, 2.05) is 0 Å². The second-order valence-electron chi connectivity index (χ2n) is 10.6. The van der Waals surface area contributed by atoms with Gasteiger partial charge in [0.2, 0.25) is 0 Å². The van der Waals surface area contributed by atoms with E-state index < -0.39 is 24.1 Å². The standard InChI is InChI=1S/C34H50O8/c1-3-5-7-9-11-13-23-31(33(35)36)41-29-21-17-15-19-27(29)39-25-26-40-28-20-16-18-22-30(28)42-32(34(37)38)24-14-12-10-8-6-4-2/h15-22,31-32H,3-14,23-26H2,1-2H3,(H,35,36)(H,37,38). The second kappa shape index (κ2) is 21.3. The highest BCUT2D eigenvalue weighted by Gasteiger charge is 2.22. The minimum atomic E-state index is -0.991. The summed E-state index contributed by atoms with van der Waals surface area (Å²) in [7, 11) is 0. The van der Waals surface area contributed by atoms with E-state index in [0.29, 0.717) is 35.8 Å². The van der Waals surface area contributed by atoms with Crippen molar-refractivity contribution in [2.45, 2.75) is 116 Å². The van der Waals surface area contributed by atoms with E-state index in [2.05, 4.69) is 13.8 Å². The molecule has 0 saturated carbocycles. The maximum Gasteiger partial charge on any atom is 0.344 e. The molecule has 0 radical (unpaired) electrons. The van der Waals surface area contributed by atoms with Gasteiger partial charge in [0.15, 0.2) is 35.2 Å². The number of para-hydroxylation sites is 4. The smallest absolute Gasteiger partial charge is 0.344 e. The zero-order valence-electron chi connectivity index (χ0n) is 25.4. The normalized spacial score (nSPS) is 12.3. The number of hydrogen-bond donors (Lipinski definition) is 2. The molecule has 0 fully saturated rings. The number of carboxylic acid groups (broad SMARTS) is 2. The highest BCUT2D eigenvalue weighted by Crippen LogP contribution is 2.30. The van der Waals surface area contributed by atoms with E-state index in [4.69, 9.17) is 18.9 Å². The Morgan fingerprint density at radius 1 is 0.548 bits per heavy atom. The lowest BCUT2D eigenvalue weighted by atomic mass is 10.1. The van der Waals surface area contributed by atoms with Crippen LogP contribution < -0.4 is 18.9 Å². The first kappa shape index (κ1) is 34.8. The number of unbranched alkanes of at least 4 members (excludes halogenated alkanes) is 10. The molecule has 0 aliphatic heterocycles. The zero-order valence-corrected chi connectivity index (χ0v) is 25.4. The second-order valence-corrected chi connectivity index (χ2v) is 10.6. The molecule has 2 rings (SSSR count). The quantitative estimate of drug-likeness (QED) is 0.112. The lowest BCUT2D eigenvalue weighted by molar-refractivity contribution is -0.146. The third kappa shape index (κ3) is 14.0. The van der Waals surface area contributed by atoms with Crippen LogP contribution in [0.2, 0.25) is 0 Å². The van der Waals surface area contributed by atoms with Crippen molar-refractivity contribution in [2.24, 2.45) is 0 Å². The van der Waals surface area contributed by atoms with E-state index in [-0.39, 0.29) is 13.2 Å². The van der Waals surface area contributed by atoms with E-state index in [0.717, 1.165) is 38.5 Å². The average Bonchev–Trinajstić information content (AvgIpc) is 2.98. The molecule has 0 aliphatic rings. The van der Waals surface area contributed by atoms with Gasteiger partial charge in [-0.15, -0.1) is 0 Å². The molecule has 0 aromatic heterocycles. The minimum Gasteiger partial charge on any atom is -0.486 e. The van der Waals surface area contributed by atoms with Gasteiger partial charge in [0.25, 0.3) is 0 Å². The monoisotopic (exact) mass is 586 g/mol. The summed E-state index contributed by atoms with van der Waals surface area (Å²) in [5, 5.41) is 19.4. The molecule has 0 spiro atoms. The summed E-state index contributed by atoms with van der Waals surface area (Å²) in [4.78, 5) is 23.7. The molecule has 2 aromatic carbocycles. The van der Waals surface area contributed by atoms with Crippen molar-refractivity contribution in [1.29, 1.82) is 0 Å². The molecule has 0 amide bonds. The number of aliphatic carboxylic acids is 2. The molecule has 2 aromatic rings. The van der Waals surface area contributed by atoms with Gasteiger partial charge in [-0.25, -0.2) is 9.59 Å². The van der Waals surface area contributed by atoms with Crippen LogP contribution >= 0.6 is 0 Å². The summed E-state index contributed by atoms with van der Waals surface area (Å²) < 4.78 is 23.5. The molecule has 42 heavy (non-hydrogen) atoms. The summed E-state index contributed by atoms with van der Waals surface area (Å²) in [5.74, 6) is -0.365. The third-order valence-electron chi connectivity index (χ3n) is 7.03. The van der Waals surface area contributed by atoms with Gasteiger partial charge in [-0.2, -0.15) is 0 Å². The Labute approximate surface area is 251 Å². The molecule has 0 heterocycles. The molecule has 8 nitrogen and oxygen atoms in total. The van der Waals surface area contributed by atoms with Crippen LogP contribution in [0.1, 0.15) is 104 Å². The number of carboxylic acids is 2. The van der Waals surface area contributed by atoms with Crippen LogP contribution in [-0.4, -0.2) is 47.6 Å². The van der Waals surface area contributed by atoms with Crippen LogP contribution in [0, 0.1) is 0 Å². The van der Waals surface area contributed by atoms with E-state index >= 15 is 0 Å². The van der Waals surface area contributed by atoms with E-state index in [9.17, 15) is 19.8 Å². The van der Waals surface area contributed by atoms with Crippen molar-refractivity contribution in [1.82, 2.24) is 0 Å². The molecular weight excluding hydrogens is 536 g/mol. The summed E-state index contributed by atoms with van der Waals surface area (Å²) in [5.41, 5.74) is 0. The van der Waals surface area contributed by atoms with Crippen LogP contribution in [-0.2, 0) is 9.59 Å². The minimum absolute atomic E-state index is 0.171. The maximum atomic E-state index is 11.8. The first-order valence-corrected chi connectivity index (χ1v) is 15.7. The fourth-order valence-corrected chi connectivity index (χ4v) is 4.63. The topological polar surface area (TPSA) is 112 Å². The largest absolute Gasteiger partial charge is 0.486 e. The van der Waals surface area contributed by atoms with Gasteiger partial charge in [0.1, 0.15) is 13.2 Å². The maximum absolute atomic E-state index is 11.8. The van der Waals surface area contributed by atoms with Crippen LogP contribution in [0.5, 0.6) is 23.0 Å². The van der Waals surface area contributed by atoms with Gasteiger partial charge in [0, 0.05) is 0 Å². The van der Waals surface area contributed by atoms with Crippen molar-refractivity contribution in [2.75, 3.05) is 13.2 Å². The first-order valence-electron chi connectivity index (χ1n) is 15.7.